The van der Waals surface area contributed by atoms with E-state index in [9.17, 15) is 18.0 Å². The molecule has 1 saturated heterocycles. The second-order valence-electron chi connectivity index (χ2n) is 6.23. The molecule has 150 valence electrons. The first-order valence-corrected chi connectivity index (χ1v) is 10.4. The molecule has 27 heavy (non-hydrogen) atoms. The van der Waals surface area contributed by atoms with Gasteiger partial charge in [0.25, 0.3) is 16.1 Å². The third-order valence-corrected chi connectivity index (χ3v) is 6.71. The summed E-state index contributed by atoms with van der Waals surface area (Å²) in [6, 6.07) is 6.55. The number of hydrogen-bond donors (Lipinski definition) is 2. The van der Waals surface area contributed by atoms with Crippen LogP contribution in [0.5, 0.6) is 0 Å². The molecule has 0 atom stereocenters. The summed E-state index contributed by atoms with van der Waals surface area (Å²) in [5.41, 5.74) is 5.93. The maximum absolute atomic E-state index is 12.5. The van der Waals surface area contributed by atoms with Gasteiger partial charge >= 0.3 is 0 Å². The van der Waals surface area contributed by atoms with Crippen LogP contribution in [0.2, 0.25) is 0 Å². The van der Waals surface area contributed by atoms with Crippen molar-refractivity contribution in [1.29, 1.82) is 0 Å². The van der Waals surface area contributed by atoms with Crippen molar-refractivity contribution < 1.29 is 18.0 Å². The van der Waals surface area contributed by atoms with Crippen LogP contribution in [0.3, 0.4) is 0 Å². The average Bonchev–Trinajstić information content (AvgIpc) is 2.63. The number of benzene rings is 1. The molecule has 0 aromatic heterocycles. The van der Waals surface area contributed by atoms with Crippen molar-refractivity contribution in [3.8, 4) is 0 Å². The molecular formula is C17H27N5O4S. The molecule has 0 spiro atoms. The zero-order chi connectivity index (χ0) is 20.0. The zero-order valence-electron chi connectivity index (χ0n) is 15.7. The highest BCUT2D eigenvalue weighted by Gasteiger charge is 2.31. The van der Waals surface area contributed by atoms with Crippen LogP contribution in [0, 0.1) is 0 Å². The maximum atomic E-state index is 12.5. The van der Waals surface area contributed by atoms with Crippen LogP contribution in [0.15, 0.2) is 24.3 Å². The zero-order valence-corrected chi connectivity index (χ0v) is 16.5. The third kappa shape index (κ3) is 5.25. The number of para-hydroxylation sites is 1. The van der Waals surface area contributed by atoms with Crippen LogP contribution in [-0.4, -0.2) is 79.6 Å². The van der Waals surface area contributed by atoms with E-state index >= 15 is 0 Å². The lowest BCUT2D eigenvalue weighted by atomic mass is 10.1. The molecule has 1 aromatic rings. The summed E-state index contributed by atoms with van der Waals surface area (Å²) in [6.45, 7) is 6.20. The van der Waals surface area contributed by atoms with E-state index in [1.54, 1.807) is 24.3 Å². The van der Waals surface area contributed by atoms with Crippen molar-refractivity contribution in [3.05, 3.63) is 29.8 Å². The lowest BCUT2D eigenvalue weighted by Crippen LogP contribution is -2.54. The highest BCUT2D eigenvalue weighted by molar-refractivity contribution is 7.86. The molecule has 1 fully saturated rings. The minimum absolute atomic E-state index is 0.117. The summed E-state index contributed by atoms with van der Waals surface area (Å²) < 4.78 is 27.9. The third-order valence-electron chi connectivity index (χ3n) is 4.52. The lowest BCUT2D eigenvalue weighted by Gasteiger charge is -2.35. The molecule has 10 heteroatoms. The summed E-state index contributed by atoms with van der Waals surface area (Å²) in [5.74, 6) is -0.884. The fourth-order valence-corrected chi connectivity index (χ4v) is 4.64. The largest absolute Gasteiger partial charge is 0.366 e. The molecule has 0 aliphatic carbocycles. The average molecular weight is 398 g/mol. The van der Waals surface area contributed by atoms with Gasteiger partial charge in [-0.05, 0) is 12.1 Å². The van der Waals surface area contributed by atoms with E-state index in [1.165, 1.54) is 8.61 Å². The minimum atomic E-state index is -3.45. The van der Waals surface area contributed by atoms with Gasteiger partial charge < -0.3 is 11.1 Å². The van der Waals surface area contributed by atoms with E-state index < -0.39 is 16.1 Å². The van der Waals surface area contributed by atoms with Gasteiger partial charge in [0.2, 0.25) is 5.91 Å². The van der Waals surface area contributed by atoms with Crippen LogP contribution >= 0.6 is 0 Å². The van der Waals surface area contributed by atoms with Gasteiger partial charge in [0.1, 0.15) is 0 Å². The molecule has 0 bridgehead atoms. The summed E-state index contributed by atoms with van der Waals surface area (Å²) in [5, 5.41) is 2.70. The maximum Gasteiger partial charge on any atom is 0.282 e. The van der Waals surface area contributed by atoms with Crippen molar-refractivity contribution in [3.63, 3.8) is 0 Å². The van der Waals surface area contributed by atoms with Crippen molar-refractivity contribution in [2.45, 2.75) is 13.8 Å². The van der Waals surface area contributed by atoms with Crippen molar-refractivity contribution in [1.82, 2.24) is 13.5 Å². The number of nitrogens with two attached hydrogens (primary N) is 1. The number of piperazine rings is 1. The topological polar surface area (TPSA) is 116 Å². The molecular weight excluding hydrogens is 370 g/mol. The van der Waals surface area contributed by atoms with Gasteiger partial charge in [-0.2, -0.15) is 17.0 Å². The van der Waals surface area contributed by atoms with E-state index in [1.807, 2.05) is 18.7 Å². The molecule has 0 saturated carbocycles. The number of carbonyl (C=O) groups excluding carboxylic acids is 2. The van der Waals surface area contributed by atoms with E-state index in [2.05, 4.69) is 5.32 Å². The van der Waals surface area contributed by atoms with Gasteiger partial charge in [-0.1, -0.05) is 26.0 Å². The van der Waals surface area contributed by atoms with E-state index in [0.717, 1.165) is 0 Å². The molecule has 1 aliphatic heterocycles. The predicted molar refractivity (Wildman–Crippen MR) is 103 cm³/mol. The van der Waals surface area contributed by atoms with Crippen LogP contribution in [0.4, 0.5) is 5.69 Å². The van der Waals surface area contributed by atoms with Gasteiger partial charge in [-0.3, -0.25) is 14.5 Å². The fourth-order valence-electron chi connectivity index (χ4n) is 3.03. The molecule has 3 N–H and O–H groups in total. The van der Waals surface area contributed by atoms with Crippen LogP contribution in [0.1, 0.15) is 24.2 Å². The molecule has 1 heterocycles. The smallest absolute Gasteiger partial charge is 0.282 e. The molecule has 0 radical (unpaired) electrons. The van der Waals surface area contributed by atoms with Crippen LogP contribution < -0.4 is 11.1 Å². The van der Waals surface area contributed by atoms with Crippen molar-refractivity contribution in [2.75, 3.05) is 51.1 Å². The van der Waals surface area contributed by atoms with Crippen LogP contribution in [-0.2, 0) is 15.0 Å². The van der Waals surface area contributed by atoms with E-state index in [4.69, 9.17) is 5.73 Å². The Morgan fingerprint density at radius 2 is 1.70 bits per heavy atom. The number of carbonyl (C=O) groups is 2. The van der Waals surface area contributed by atoms with Gasteiger partial charge in [-0.15, -0.1) is 0 Å². The predicted octanol–water partition coefficient (Wildman–Crippen LogP) is -0.0718. The number of nitrogens with zero attached hydrogens (tertiary/aromatic N) is 3. The van der Waals surface area contributed by atoms with Crippen molar-refractivity contribution >= 4 is 27.7 Å². The first-order chi connectivity index (χ1) is 12.8. The summed E-state index contributed by atoms with van der Waals surface area (Å²) in [4.78, 5) is 25.6. The number of amides is 2. The van der Waals surface area contributed by atoms with E-state index in [0.29, 0.717) is 45.0 Å². The van der Waals surface area contributed by atoms with Gasteiger partial charge in [0.05, 0.1) is 17.8 Å². The number of anilines is 1. The monoisotopic (exact) mass is 397 g/mol. The minimum Gasteiger partial charge on any atom is -0.366 e. The highest BCUT2D eigenvalue weighted by Crippen LogP contribution is 2.15. The Bertz CT molecular complexity index is 771. The summed E-state index contributed by atoms with van der Waals surface area (Å²) >= 11 is 0. The Morgan fingerprint density at radius 1 is 1.11 bits per heavy atom. The second-order valence-corrected chi connectivity index (χ2v) is 8.15. The van der Waals surface area contributed by atoms with Crippen molar-refractivity contribution in [2.24, 2.45) is 5.73 Å². The van der Waals surface area contributed by atoms with Gasteiger partial charge in [0.15, 0.2) is 0 Å². The molecule has 2 amide bonds. The Hall–Kier alpha value is -2.01. The van der Waals surface area contributed by atoms with E-state index in [-0.39, 0.29) is 18.0 Å². The first-order valence-electron chi connectivity index (χ1n) is 8.95. The number of rotatable bonds is 8. The number of primary amides is 1. The molecule has 0 unspecified atom stereocenters. The summed E-state index contributed by atoms with van der Waals surface area (Å²) in [7, 11) is -3.45. The highest BCUT2D eigenvalue weighted by atomic mass is 32.2. The quantitative estimate of drug-likeness (QED) is 0.637. The van der Waals surface area contributed by atoms with Gasteiger partial charge in [0, 0.05) is 39.3 Å². The molecule has 2 rings (SSSR count). The normalized spacial score (nSPS) is 16.4. The standard InChI is InChI=1S/C17H27N5O4S/c1-3-21(4-2)27(25,26)22-11-9-20(10-12-22)13-16(23)19-15-8-6-5-7-14(15)17(18)24/h5-8H,3-4,9-13H2,1-2H3,(H2,18,24)(H,19,23). The Kier molecular flexibility index (Phi) is 7.31. The second kappa shape index (κ2) is 9.27. The number of nitrogens with one attached hydrogen (secondary N) is 1. The Labute approximate surface area is 160 Å². The number of hydrogen-bond acceptors (Lipinski definition) is 5. The van der Waals surface area contributed by atoms with Gasteiger partial charge in [-0.25, -0.2) is 0 Å². The first kappa shape index (κ1) is 21.3. The van der Waals surface area contributed by atoms with Crippen LogP contribution in [0.25, 0.3) is 0 Å². The molecule has 1 aromatic carbocycles. The Balaban J connectivity index is 1.91. The summed E-state index contributed by atoms with van der Waals surface area (Å²) in [6.07, 6.45) is 0. The Morgan fingerprint density at radius 3 is 2.26 bits per heavy atom. The fraction of sp³-hybridized carbons (Fsp3) is 0.529. The molecule has 9 nitrogen and oxygen atoms in total. The lowest BCUT2D eigenvalue weighted by molar-refractivity contribution is -0.117. The SMILES string of the molecule is CCN(CC)S(=O)(=O)N1CCN(CC(=O)Nc2ccccc2C(N)=O)CC1. The molecule has 1 aliphatic rings.